The second kappa shape index (κ2) is 9.39. The zero-order valence-corrected chi connectivity index (χ0v) is 19.3. The van der Waals surface area contributed by atoms with Crippen LogP contribution in [0.25, 0.3) is 5.57 Å². The van der Waals surface area contributed by atoms with Crippen molar-refractivity contribution in [2.24, 2.45) is 0 Å². The van der Waals surface area contributed by atoms with E-state index in [9.17, 15) is 0 Å². The number of allylic oxidation sites excluding steroid dienone is 13. The molecule has 29 heavy (non-hydrogen) atoms. The van der Waals surface area contributed by atoms with E-state index in [2.05, 4.69) is 98.9 Å². The Hall–Kier alpha value is -2.42. The Labute approximate surface area is 183 Å². The molecule has 0 fully saturated rings. The molecule has 0 aliphatic heterocycles. The topological polar surface area (TPSA) is 20.2 Å². The van der Waals surface area contributed by atoms with Crippen molar-refractivity contribution in [3.8, 4) is 0 Å². The average Bonchev–Trinajstić information content (AvgIpc) is 3.14. The average molecular weight is 449 g/mol. The van der Waals surface area contributed by atoms with Crippen LogP contribution in [0, 0.1) is 0 Å². The van der Waals surface area contributed by atoms with Crippen LogP contribution in [0.15, 0.2) is 113 Å². The van der Waals surface area contributed by atoms with Gasteiger partial charge in [-0.3, -0.25) is 0 Å². The van der Waals surface area contributed by atoms with E-state index in [1.807, 2.05) is 18.2 Å². The highest BCUT2D eigenvalue weighted by Gasteiger charge is 2.51. The first-order valence-electron chi connectivity index (χ1n) is 9.58. The van der Waals surface area contributed by atoms with Gasteiger partial charge in [0.2, 0.25) is 0 Å². The number of fused-ring (bicyclic) bond motifs is 2. The van der Waals surface area contributed by atoms with Crippen molar-refractivity contribution in [2.45, 2.75) is 26.2 Å². The predicted octanol–water partition coefficient (Wildman–Crippen LogP) is 7.36. The second-order valence-electron chi connectivity index (χ2n) is 6.84. The van der Waals surface area contributed by atoms with Gasteiger partial charge >= 0.3 is 0 Å². The van der Waals surface area contributed by atoms with Gasteiger partial charge in [0.1, 0.15) is 0 Å². The van der Waals surface area contributed by atoms with Crippen molar-refractivity contribution in [1.29, 1.82) is 0 Å². The van der Waals surface area contributed by atoms with Gasteiger partial charge in [0.15, 0.2) is 0 Å². The first-order chi connectivity index (χ1) is 14.0. The molecule has 0 aromatic heterocycles. The van der Waals surface area contributed by atoms with Gasteiger partial charge in [-0.2, -0.15) is 0 Å². The number of aliphatic hydroxyl groups is 1. The third-order valence-electron chi connectivity index (χ3n) is 5.71. The van der Waals surface area contributed by atoms with E-state index in [-0.39, 0.29) is 5.41 Å². The molecule has 0 bridgehead atoms. The summed E-state index contributed by atoms with van der Waals surface area (Å²) in [7, 11) is 1.00. The molecule has 0 saturated heterocycles. The summed E-state index contributed by atoms with van der Waals surface area (Å²) in [6.45, 7) is 18.7. The van der Waals surface area contributed by atoms with Crippen LogP contribution in [0.4, 0.5) is 0 Å². The van der Waals surface area contributed by atoms with Gasteiger partial charge in [-0.1, -0.05) is 90.3 Å². The van der Waals surface area contributed by atoms with Crippen LogP contribution in [-0.2, 0) is 5.41 Å². The molecule has 1 nitrogen and oxygen atoms in total. The molecular weight excluding hydrogens is 420 g/mol. The van der Waals surface area contributed by atoms with Crippen LogP contribution >= 0.6 is 15.9 Å². The Bertz CT molecular complexity index is 1010. The molecule has 1 unspecified atom stereocenters. The minimum atomic E-state index is -0.384. The van der Waals surface area contributed by atoms with Gasteiger partial charge in [0.05, 0.1) is 5.41 Å². The quantitative estimate of drug-likeness (QED) is 0.466. The molecule has 2 aliphatic rings. The van der Waals surface area contributed by atoms with E-state index in [4.69, 9.17) is 5.11 Å². The third kappa shape index (κ3) is 3.31. The van der Waals surface area contributed by atoms with E-state index in [0.29, 0.717) is 0 Å². The summed E-state index contributed by atoms with van der Waals surface area (Å²) in [4.78, 5) is 0. The molecule has 3 rings (SSSR count). The van der Waals surface area contributed by atoms with Crippen molar-refractivity contribution in [3.63, 3.8) is 0 Å². The molecular formula is C27H29BrO. The Morgan fingerprint density at radius 3 is 2.10 bits per heavy atom. The molecule has 0 saturated carbocycles. The van der Waals surface area contributed by atoms with Crippen LogP contribution < -0.4 is 0 Å². The van der Waals surface area contributed by atoms with E-state index >= 15 is 0 Å². The van der Waals surface area contributed by atoms with Crippen LogP contribution in [0.3, 0.4) is 0 Å². The Kier molecular flexibility index (Phi) is 7.40. The van der Waals surface area contributed by atoms with Crippen LogP contribution in [0.2, 0.25) is 0 Å². The Morgan fingerprint density at radius 1 is 0.966 bits per heavy atom. The van der Waals surface area contributed by atoms with Crippen molar-refractivity contribution in [1.82, 2.24) is 0 Å². The molecule has 1 aromatic carbocycles. The molecule has 0 heterocycles. The van der Waals surface area contributed by atoms with E-state index in [1.165, 1.54) is 44.6 Å². The minimum absolute atomic E-state index is 0.384. The molecule has 0 amide bonds. The summed E-state index contributed by atoms with van der Waals surface area (Å²) in [5.74, 6) is 0. The minimum Gasteiger partial charge on any atom is -0.400 e. The largest absolute Gasteiger partial charge is 0.400 e. The maximum absolute atomic E-state index is 7.00. The van der Waals surface area contributed by atoms with Gasteiger partial charge in [0, 0.05) is 11.6 Å². The molecule has 1 N–H and O–H groups in total. The molecule has 2 heteroatoms. The number of aliphatic hydroxyl groups excluding tert-OH is 1. The van der Waals surface area contributed by atoms with Crippen molar-refractivity contribution in [2.75, 3.05) is 7.11 Å². The van der Waals surface area contributed by atoms with Crippen LogP contribution in [0.5, 0.6) is 0 Å². The number of hydrogen-bond donors (Lipinski definition) is 1. The van der Waals surface area contributed by atoms with Gasteiger partial charge in [0.25, 0.3) is 0 Å². The summed E-state index contributed by atoms with van der Waals surface area (Å²) >= 11 is 3.64. The molecule has 1 spiro atoms. The second-order valence-corrected chi connectivity index (χ2v) is 7.76. The van der Waals surface area contributed by atoms with Gasteiger partial charge in [-0.25, -0.2) is 0 Å². The zero-order valence-electron chi connectivity index (χ0n) is 17.7. The number of rotatable bonds is 5. The lowest BCUT2D eigenvalue weighted by molar-refractivity contribution is 0.399. The lowest BCUT2D eigenvalue weighted by Gasteiger charge is -2.33. The number of hydrogen-bond acceptors (Lipinski definition) is 1. The highest BCUT2D eigenvalue weighted by Crippen LogP contribution is 2.61. The standard InChI is InChI=1S/C26H25Br.CH4O/c1-7-13-20-21-14-11-12-15-24(21)26(23(20)10-4)22(9-3)17(5)18(6)25(26)16-19(27)8-2;1-2/h7-16H,2-4H2,1,5-6H3;2H,1H3/b13-7-,19-16+;. The Morgan fingerprint density at radius 2 is 1.55 bits per heavy atom. The fourth-order valence-electron chi connectivity index (χ4n) is 4.56. The highest BCUT2D eigenvalue weighted by atomic mass is 79.9. The zero-order chi connectivity index (χ0) is 21.8. The highest BCUT2D eigenvalue weighted by molar-refractivity contribution is 9.11. The van der Waals surface area contributed by atoms with Crippen LogP contribution in [0.1, 0.15) is 31.9 Å². The molecule has 0 radical (unpaired) electrons. The van der Waals surface area contributed by atoms with E-state index in [1.54, 1.807) is 0 Å². The first-order valence-corrected chi connectivity index (χ1v) is 10.4. The van der Waals surface area contributed by atoms with E-state index < -0.39 is 0 Å². The fourth-order valence-corrected chi connectivity index (χ4v) is 4.79. The molecule has 2 aliphatic carbocycles. The summed E-state index contributed by atoms with van der Waals surface area (Å²) < 4.78 is 0.967. The fraction of sp³-hybridized carbons (Fsp3) is 0.185. The van der Waals surface area contributed by atoms with Crippen molar-refractivity contribution >= 4 is 21.5 Å². The van der Waals surface area contributed by atoms with Gasteiger partial charge < -0.3 is 5.11 Å². The number of benzene rings is 1. The van der Waals surface area contributed by atoms with Crippen molar-refractivity contribution < 1.29 is 5.11 Å². The lowest BCUT2D eigenvalue weighted by Crippen LogP contribution is -2.28. The SMILES string of the molecule is C=CC1=C(C)C(C)=C(/C=C(/Br)C=C)C12C(C=C)=C(/C=C\C)c1ccccc12.CO. The summed E-state index contributed by atoms with van der Waals surface area (Å²) in [5.41, 5.74) is 9.64. The lowest BCUT2D eigenvalue weighted by atomic mass is 9.67. The molecule has 1 aromatic rings. The monoisotopic (exact) mass is 448 g/mol. The van der Waals surface area contributed by atoms with Gasteiger partial charge in [-0.15, -0.1) is 0 Å². The number of halogens is 1. The normalized spacial score (nSPS) is 21.0. The van der Waals surface area contributed by atoms with E-state index in [0.717, 1.165) is 11.6 Å². The maximum atomic E-state index is 7.00. The van der Waals surface area contributed by atoms with Gasteiger partial charge in [-0.05, 0) is 71.4 Å². The predicted molar refractivity (Wildman–Crippen MR) is 131 cm³/mol. The molecule has 1 atom stereocenters. The van der Waals surface area contributed by atoms with Crippen LogP contribution in [-0.4, -0.2) is 12.2 Å². The molecule has 150 valence electrons. The maximum Gasteiger partial charge on any atom is 0.0718 e. The first kappa shape index (κ1) is 22.9. The third-order valence-corrected chi connectivity index (χ3v) is 6.27. The smallest absolute Gasteiger partial charge is 0.0718 e. The summed E-state index contributed by atoms with van der Waals surface area (Å²) in [6, 6.07) is 8.66. The van der Waals surface area contributed by atoms with Crippen molar-refractivity contribution in [3.05, 3.63) is 124 Å². The summed E-state index contributed by atoms with van der Waals surface area (Å²) in [6.07, 6.45) is 12.3. The Balaban J connectivity index is 0.00000145. The summed E-state index contributed by atoms with van der Waals surface area (Å²) in [5, 5.41) is 7.00.